The van der Waals surface area contributed by atoms with Crippen LogP contribution in [0.5, 0.6) is 0 Å². The number of carbonyl (C=O) groups excluding carboxylic acids is 2. The average Bonchev–Trinajstić information content (AvgIpc) is 2.81. The van der Waals surface area contributed by atoms with Crippen LogP contribution in [0.1, 0.15) is 52.2 Å². The normalized spacial score (nSPS) is 12.5. The summed E-state index contributed by atoms with van der Waals surface area (Å²) in [6, 6.07) is 11.1. The first-order valence-electron chi connectivity index (χ1n) is 10.5. The number of nitrogens with zero attached hydrogens (tertiary/aromatic N) is 2. The van der Waals surface area contributed by atoms with E-state index in [2.05, 4.69) is 0 Å². The highest BCUT2D eigenvalue weighted by atomic mass is 17.2. The fourth-order valence-electron chi connectivity index (χ4n) is 2.81. The first kappa shape index (κ1) is 27.3. The number of nitro benzene ring substituents is 2. The zero-order valence-corrected chi connectivity index (χ0v) is 19.9. The standard InChI is InChI=1S/C23H26N2O10/c1-15(21(27)33-35-23(4,5)17-8-12-19(13-9-17)25(30)31)14-20(26)32-34-22(2,3)16-6-10-18(11-7-16)24(28)29/h6-13,15H,14H2,1-5H3. The van der Waals surface area contributed by atoms with Crippen molar-refractivity contribution in [2.75, 3.05) is 0 Å². The Labute approximate surface area is 200 Å². The molecule has 2 rings (SSSR count). The molecule has 0 aliphatic rings. The maximum absolute atomic E-state index is 12.3. The quantitative estimate of drug-likeness (QED) is 0.247. The van der Waals surface area contributed by atoms with Gasteiger partial charge in [0.25, 0.3) is 11.4 Å². The second-order valence-electron chi connectivity index (χ2n) is 8.76. The van der Waals surface area contributed by atoms with Gasteiger partial charge in [0, 0.05) is 24.3 Å². The zero-order valence-electron chi connectivity index (χ0n) is 19.9. The number of hydrogen-bond acceptors (Lipinski definition) is 10. The lowest BCUT2D eigenvalue weighted by Crippen LogP contribution is -2.28. The van der Waals surface area contributed by atoms with Gasteiger partial charge < -0.3 is 0 Å². The Hall–Kier alpha value is -3.90. The molecule has 2 aromatic carbocycles. The van der Waals surface area contributed by atoms with Crippen LogP contribution < -0.4 is 0 Å². The lowest BCUT2D eigenvalue weighted by Gasteiger charge is -2.24. The minimum atomic E-state index is -1.11. The largest absolute Gasteiger partial charge is 0.345 e. The Morgan fingerprint density at radius 2 is 1.14 bits per heavy atom. The molecule has 0 aromatic heterocycles. The number of rotatable bonds is 11. The van der Waals surface area contributed by atoms with Gasteiger partial charge in [-0.15, -0.1) is 0 Å². The van der Waals surface area contributed by atoms with Crippen LogP contribution in [0.3, 0.4) is 0 Å². The Kier molecular flexibility index (Phi) is 8.61. The molecule has 0 fully saturated rings. The van der Waals surface area contributed by atoms with E-state index >= 15 is 0 Å². The molecule has 1 unspecified atom stereocenters. The predicted molar refractivity (Wildman–Crippen MR) is 120 cm³/mol. The number of non-ortho nitro benzene ring substituents is 2. The van der Waals surface area contributed by atoms with Gasteiger partial charge in [-0.3, -0.25) is 30.0 Å². The van der Waals surface area contributed by atoms with Crippen molar-refractivity contribution in [3.05, 3.63) is 79.9 Å². The molecule has 0 saturated heterocycles. The molecular weight excluding hydrogens is 464 g/mol. The van der Waals surface area contributed by atoms with E-state index in [1.54, 1.807) is 27.7 Å². The summed E-state index contributed by atoms with van der Waals surface area (Å²) in [5.74, 6) is -2.59. The van der Waals surface area contributed by atoms with Crippen molar-refractivity contribution in [3.63, 3.8) is 0 Å². The van der Waals surface area contributed by atoms with E-state index in [1.165, 1.54) is 55.5 Å². The molecule has 12 nitrogen and oxygen atoms in total. The molecule has 188 valence electrons. The van der Waals surface area contributed by atoms with Crippen molar-refractivity contribution >= 4 is 23.3 Å². The molecule has 35 heavy (non-hydrogen) atoms. The summed E-state index contributed by atoms with van der Waals surface area (Å²) in [7, 11) is 0. The van der Waals surface area contributed by atoms with Crippen LogP contribution in [0.15, 0.2) is 48.5 Å². The number of hydrogen-bond donors (Lipinski definition) is 0. The van der Waals surface area contributed by atoms with Crippen LogP contribution in [-0.4, -0.2) is 21.8 Å². The third-order valence-corrected chi connectivity index (χ3v) is 5.10. The van der Waals surface area contributed by atoms with E-state index < -0.39 is 38.9 Å². The van der Waals surface area contributed by atoms with Crippen molar-refractivity contribution in [2.24, 2.45) is 5.92 Å². The third kappa shape index (κ3) is 7.55. The van der Waals surface area contributed by atoms with Gasteiger partial charge in [-0.25, -0.2) is 9.59 Å². The second kappa shape index (κ2) is 11.0. The highest BCUT2D eigenvalue weighted by Crippen LogP contribution is 2.28. The van der Waals surface area contributed by atoms with E-state index in [-0.39, 0.29) is 17.8 Å². The van der Waals surface area contributed by atoms with E-state index in [0.29, 0.717) is 11.1 Å². The second-order valence-corrected chi connectivity index (χ2v) is 8.76. The molecule has 0 heterocycles. The minimum Gasteiger partial charge on any atom is -0.297 e. The van der Waals surface area contributed by atoms with Gasteiger partial charge in [-0.1, -0.05) is 6.92 Å². The molecule has 0 bridgehead atoms. The number of nitro groups is 2. The van der Waals surface area contributed by atoms with Crippen molar-refractivity contribution in [2.45, 2.75) is 52.2 Å². The molecule has 0 radical (unpaired) electrons. The maximum atomic E-state index is 12.3. The summed E-state index contributed by atoms with van der Waals surface area (Å²) >= 11 is 0. The Morgan fingerprint density at radius 3 is 1.51 bits per heavy atom. The van der Waals surface area contributed by atoms with Crippen LogP contribution in [0.4, 0.5) is 11.4 Å². The molecule has 0 saturated carbocycles. The molecular formula is C23H26N2O10. The van der Waals surface area contributed by atoms with Gasteiger partial charge in [-0.05, 0) is 63.1 Å². The predicted octanol–water partition coefficient (Wildman–Crippen LogP) is 4.65. The summed E-state index contributed by atoms with van der Waals surface area (Å²) < 4.78 is 0. The third-order valence-electron chi connectivity index (χ3n) is 5.10. The number of benzene rings is 2. The van der Waals surface area contributed by atoms with Crippen molar-refractivity contribution in [1.82, 2.24) is 0 Å². The van der Waals surface area contributed by atoms with Crippen molar-refractivity contribution in [1.29, 1.82) is 0 Å². The molecule has 0 aliphatic carbocycles. The number of carbonyl (C=O) groups is 2. The van der Waals surface area contributed by atoms with Gasteiger partial charge in [0.15, 0.2) is 0 Å². The Bertz CT molecular complexity index is 1080. The summed E-state index contributed by atoms with van der Waals surface area (Å²) in [5.41, 5.74) is -1.33. The van der Waals surface area contributed by atoms with Crippen molar-refractivity contribution < 1.29 is 39.0 Å². The lowest BCUT2D eigenvalue weighted by molar-refractivity contribution is -0.385. The van der Waals surface area contributed by atoms with Crippen molar-refractivity contribution in [3.8, 4) is 0 Å². The van der Waals surface area contributed by atoms with E-state index in [1.807, 2.05) is 0 Å². The van der Waals surface area contributed by atoms with E-state index in [9.17, 15) is 29.8 Å². The van der Waals surface area contributed by atoms with Gasteiger partial charge in [0.1, 0.15) is 11.2 Å². The molecule has 0 aliphatic heterocycles. The fraction of sp³-hybridized carbons (Fsp3) is 0.391. The summed E-state index contributed by atoms with van der Waals surface area (Å²) in [4.78, 5) is 65.0. The molecule has 2 aromatic rings. The molecule has 0 amide bonds. The first-order valence-corrected chi connectivity index (χ1v) is 10.5. The van der Waals surface area contributed by atoms with Crippen LogP contribution in [-0.2, 0) is 40.3 Å². The van der Waals surface area contributed by atoms with Crippen LogP contribution in [0, 0.1) is 26.1 Å². The lowest BCUT2D eigenvalue weighted by atomic mass is 9.98. The van der Waals surface area contributed by atoms with Crippen LogP contribution >= 0.6 is 0 Å². The summed E-state index contributed by atoms with van der Waals surface area (Å²) in [6.07, 6.45) is -0.365. The maximum Gasteiger partial charge on any atom is 0.345 e. The summed E-state index contributed by atoms with van der Waals surface area (Å²) in [5, 5.41) is 21.6. The Balaban J connectivity index is 1.85. The smallest absolute Gasteiger partial charge is 0.297 e. The van der Waals surface area contributed by atoms with Gasteiger partial charge in [0.2, 0.25) is 0 Å². The van der Waals surface area contributed by atoms with Crippen LogP contribution in [0.25, 0.3) is 0 Å². The minimum absolute atomic E-state index is 0.0899. The van der Waals surface area contributed by atoms with Gasteiger partial charge >= 0.3 is 11.9 Å². The summed E-state index contributed by atoms with van der Waals surface area (Å²) in [6.45, 7) is 7.86. The van der Waals surface area contributed by atoms with Crippen LogP contribution in [0.2, 0.25) is 0 Å². The molecule has 1 atom stereocenters. The highest BCUT2D eigenvalue weighted by molar-refractivity contribution is 5.79. The molecule has 0 spiro atoms. The Morgan fingerprint density at radius 1 is 0.771 bits per heavy atom. The first-order chi connectivity index (χ1) is 16.2. The molecule has 12 heteroatoms. The monoisotopic (exact) mass is 490 g/mol. The molecule has 0 N–H and O–H groups in total. The van der Waals surface area contributed by atoms with E-state index in [4.69, 9.17) is 19.6 Å². The zero-order chi connectivity index (χ0) is 26.4. The SMILES string of the molecule is CC(CC(=O)OOC(C)(C)c1ccc([N+](=O)[O-])cc1)C(=O)OOC(C)(C)c1ccc([N+](=O)[O-])cc1. The van der Waals surface area contributed by atoms with Gasteiger partial charge in [-0.2, -0.15) is 9.78 Å². The average molecular weight is 490 g/mol. The fourth-order valence-corrected chi connectivity index (χ4v) is 2.81. The highest BCUT2D eigenvalue weighted by Gasteiger charge is 2.30. The van der Waals surface area contributed by atoms with E-state index in [0.717, 1.165) is 0 Å². The van der Waals surface area contributed by atoms with Gasteiger partial charge in [0.05, 0.1) is 22.2 Å². The topological polar surface area (TPSA) is 157 Å².